The molecule has 25 heavy (non-hydrogen) atoms. The molecular weight excluding hydrogens is 329 g/mol. The van der Waals surface area contributed by atoms with Crippen LogP contribution in [0.2, 0.25) is 0 Å². The Kier molecular flexibility index (Phi) is 5.71. The number of hydrogen-bond acceptors (Lipinski definition) is 4. The monoisotopic (exact) mass is 356 g/mol. The van der Waals surface area contributed by atoms with E-state index in [0.717, 1.165) is 43.7 Å². The molecule has 1 saturated heterocycles. The van der Waals surface area contributed by atoms with E-state index in [1.807, 2.05) is 17.0 Å². The van der Waals surface area contributed by atoms with E-state index in [0.29, 0.717) is 25.0 Å². The second-order valence-corrected chi connectivity index (χ2v) is 7.37. The smallest absolute Gasteiger partial charge is 0.384 e. The average molecular weight is 356 g/mol. The number of aromatic nitrogens is 1. The van der Waals surface area contributed by atoms with Gasteiger partial charge < -0.3 is 16.0 Å². The molecule has 0 amide bonds. The highest BCUT2D eigenvalue weighted by Gasteiger charge is 2.41. The fourth-order valence-corrected chi connectivity index (χ4v) is 3.77. The molecule has 1 aromatic rings. The van der Waals surface area contributed by atoms with Gasteiger partial charge in [-0.3, -0.25) is 0 Å². The van der Waals surface area contributed by atoms with Crippen LogP contribution in [0.25, 0.3) is 0 Å². The van der Waals surface area contributed by atoms with Crippen LogP contribution in [0.4, 0.5) is 24.7 Å². The first-order valence-electron chi connectivity index (χ1n) is 9.19. The first-order chi connectivity index (χ1) is 11.9. The Morgan fingerprint density at radius 1 is 1.08 bits per heavy atom. The summed E-state index contributed by atoms with van der Waals surface area (Å²) < 4.78 is 38.2. The largest absolute Gasteiger partial charge is 0.391 e. The van der Waals surface area contributed by atoms with Crippen molar-refractivity contribution < 1.29 is 13.2 Å². The van der Waals surface area contributed by atoms with Crippen LogP contribution in [0.15, 0.2) is 18.3 Å². The molecule has 0 spiro atoms. The predicted molar refractivity (Wildman–Crippen MR) is 93.7 cm³/mol. The molecule has 1 aromatic heterocycles. The molecule has 7 heteroatoms. The second-order valence-electron chi connectivity index (χ2n) is 7.37. The topological polar surface area (TPSA) is 54.2 Å². The zero-order valence-electron chi connectivity index (χ0n) is 14.4. The van der Waals surface area contributed by atoms with Gasteiger partial charge >= 0.3 is 6.18 Å². The second kappa shape index (κ2) is 7.81. The van der Waals surface area contributed by atoms with Crippen molar-refractivity contribution in [1.29, 1.82) is 0 Å². The van der Waals surface area contributed by atoms with E-state index in [1.165, 1.54) is 0 Å². The minimum absolute atomic E-state index is 0.148. The SMILES string of the molecule is NC1CCC(CNc2ccc(N3CCC(C(F)(F)F)CC3)nc2)CC1. The molecule has 3 rings (SSSR count). The lowest BCUT2D eigenvalue weighted by Gasteiger charge is -2.33. The van der Waals surface area contributed by atoms with Gasteiger partial charge in [0.2, 0.25) is 0 Å². The summed E-state index contributed by atoms with van der Waals surface area (Å²) in [5, 5.41) is 3.42. The summed E-state index contributed by atoms with van der Waals surface area (Å²) in [5.74, 6) is 0.240. The van der Waals surface area contributed by atoms with E-state index in [4.69, 9.17) is 5.73 Å². The molecule has 0 atom stereocenters. The standard InChI is InChI=1S/C18H27F3N4/c19-18(20,21)14-7-9-25(10-8-14)17-6-5-16(12-24-17)23-11-13-1-3-15(22)4-2-13/h5-6,12-15,23H,1-4,7-11,22H2. The fraction of sp³-hybridized carbons (Fsp3) is 0.722. The van der Waals surface area contributed by atoms with Crippen LogP contribution >= 0.6 is 0 Å². The Morgan fingerprint density at radius 2 is 1.76 bits per heavy atom. The van der Waals surface area contributed by atoms with Crippen molar-refractivity contribution in [2.75, 3.05) is 29.9 Å². The van der Waals surface area contributed by atoms with Crippen molar-refractivity contribution in [2.24, 2.45) is 17.6 Å². The molecule has 2 aliphatic rings. The number of piperidine rings is 1. The highest BCUT2D eigenvalue weighted by Crippen LogP contribution is 2.35. The van der Waals surface area contributed by atoms with Crippen molar-refractivity contribution in [3.05, 3.63) is 18.3 Å². The molecular formula is C18H27F3N4. The van der Waals surface area contributed by atoms with Gasteiger partial charge in [-0.05, 0) is 56.6 Å². The molecule has 4 nitrogen and oxygen atoms in total. The van der Waals surface area contributed by atoms with E-state index in [-0.39, 0.29) is 12.8 Å². The zero-order chi connectivity index (χ0) is 17.9. The minimum atomic E-state index is -4.07. The van der Waals surface area contributed by atoms with Gasteiger partial charge in [0.15, 0.2) is 0 Å². The summed E-state index contributed by atoms with van der Waals surface area (Å²) in [6, 6.07) is 4.22. The number of nitrogens with one attached hydrogen (secondary N) is 1. The Bertz CT molecular complexity index is 530. The first kappa shape index (κ1) is 18.3. The van der Waals surface area contributed by atoms with Gasteiger partial charge in [0.05, 0.1) is 17.8 Å². The molecule has 0 bridgehead atoms. The molecule has 3 N–H and O–H groups in total. The summed E-state index contributed by atoms with van der Waals surface area (Å²) in [5.41, 5.74) is 6.89. The number of rotatable bonds is 4. The van der Waals surface area contributed by atoms with Crippen molar-refractivity contribution >= 4 is 11.5 Å². The molecule has 0 unspecified atom stereocenters. The Labute approximate surface area is 147 Å². The summed E-state index contributed by atoms with van der Waals surface area (Å²) in [7, 11) is 0. The highest BCUT2D eigenvalue weighted by molar-refractivity contribution is 5.48. The van der Waals surface area contributed by atoms with E-state index >= 15 is 0 Å². The van der Waals surface area contributed by atoms with E-state index < -0.39 is 12.1 Å². The van der Waals surface area contributed by atoms with Gasteiger partial charge in [-0.1, -0.05) is 0 Å². The maximum Gasteiger partial charge on any atom is 0.391 e. The number of halogens is 3. The first-order valence-corrected chi connectivity index (χ1v) is 9.19. The lowest BCUT2D eigenvalue weighted by molar-refractivity contribution is -0.179. The molecule has 1 aliphatic carbocycles. The summed E-state index contributed by atoms with van der Waals surface area (Å²) in [6.45, 7) is 1.74. The molecule has 140 valence electrons. The van der Waals surface area contributed by atoms with Crippen LogP contribution in [0.5, 0.6) is 0 Å². The zero-order valence-corrected chi connectivity index (χ0v) is 14.4. The maximum absolute atomic E-state index is 12.7. The molecule has 1 aliphatic heterocycles. The van der Waals surface area contributed by atoms with Crippen molar-refractivity contribution in [2.45, 2.75) is 50.7 Å². The maximum atomic E-state index is 12.7. The molecule has 2 fully saturated rings. The van der Waals surface area contributed by atoms with Gasteiger partial charge in [0.25, 0.3) is 0 Å². The van der Waals surface area contributed by atoms with Crippen molar-refractivity contribution in [3.8, 4) is 0 Å². The van der Waals surface area contributed by atoms with Crippen LogP contribution in [0.1, 0.15) is 38.5 Å². The number of alkyl halides is 3. The van der Waals surface area contributed by atoms with Crippen LogP contribution in [0, 0.1) is 11.8 Å². The van der Waals surface area contributed by atoms with Crippen LogP contribution < -0.4 is 16.0 Å². The van der Waals surface area contributed by atoms with Crippen LogP contribution in [0.3, 0.4) is 0 Å². The van der Waals surface area contributed by atoms with Crippen LogP contribution in [-0.4, -0.2) is 36.8 Å². The molecule has 1 saturated carbocycles. The normalized spacial score (nSPS) is 25.8. The van der Waals surface area contributed by atoms with Crippen LogP contribution in [-0.2, 0) is 0 Å². The van der Waals surface area contributed by atoms with Crippen molar-refractivity contribution in [1.82, 2.24) is 4.98 Å². The highest BCUT2D eigenvalue weighted by atomic mass is 19.4. The van der Waals surface area contributed by atoms with E-state index in [2.05, 4.69) is 10.3 Å². The van der Waals surface area contributed by atoms with Crippen molar-refractivity contribution in [3.63, 3.8) is 0 Å². The Hall–Kier alpha value is -1.50. The number of nitrogens with zero attached hydrogens (tertiary/aromatic N) is 2. The third-order valence-electron chi connectivity index (χ3n) is 5.52. The molecule has 2 heterocycles. The Balaban J connectivity index is 1.46. The van der Waals surface area contributed by atoms with E-state index in [9.17, 15) is 13.2 Å². The fourth-order valence-electron chi connectivity index (χ4n) is 3.77. The lowest BCUT2D eigenvalue weighted by Crippen LogP contribution is -2.39. The minimum Gasteiger partial charge on any atom is -0.384 e. The van der Waals surface area contributed by atoms with Gasteiger partial charge in [0.1, 0.15) is 5.82 Å². The lowest BCUT2D eigenvalue weighted by atomic mass is 9.86. The van der Waals surface area contributed by atoms with E-state index in [1.54, 1.807) is 6.20 Å². The number of hydrogen-bond donors (Lipinski definition) is 2. The molecule has 0 aromatic carbocycles. The summed E-state index contributed by atoms with van der Waals surface area (Å²) in [6.07, 6.45) is 2.51. The Morgan fingerprint density at radius 3 is 2.32 bits per heavy atom. The number of pyridine rings is 1. The third kappa shape index (κ3) is 5.00. The van der Waals surface area contributed by atoms with Gasteiger partial charge in [-0.2, -0.15) is 13.2 Å². The number of anilines is 2. The summed E-state index contributed by atoms with van der Waals surface area (Å²) in [4.78, 5) is 6.37. The molecule has 0 radical (unpaired) electrons. The quantitative estimate of drug-likeness (QED) is 0.862. The third-order valence-corrected chi connectivity index (χ3v) is 5.52. The predicted octanol–water partition coefficient (Wildman–Crippen LogP) is 3.79. The van der Waals surface area contributed by atoms with Gasteiger partial charge in [-0.15, -0.1) is 0 Å². The van der Waals surface area contributed by atoms with Gasteiger partial charge in [0, 0.05) is 25.7 Å². The van der Waals surface area contributed by atoms with Gasteiger partial charge in [-0.25, -0.2) is 4.98 Å². The number of nitrogens with two attached hydrogens (primary N) is 1. The average Bonchev–Trinajstić information content (AvgIpc) is 2.61. The summed E-state index contributed by atoms with van der Waals surface area (Å²) >= 11 is 0.